The Balaban J connectivity index is -0.0000000262. The van der Waals surface area contributed by atoms with Gasteiger partial charge in [-0.3, -0.25) is 0 Å². The molecule has 0 saturated carbocycles. The van der Waals surface area contributed by atoms with Crippen LogP contribution in [0.5, 0.6) is 0 Å². The Bertz CT molecular complexity index is 95.0. The van der Waals surface area contributed by atoms with Crippen molar-refractivity contribution < 1.29 is 51.3 Å². The van der Waals surface area contributed by atoms with Crippen molar-refractivity contribution in [2.24, 2.45) is 17.8 Å². The molecular formula is C19H43VY-5. The van der Waals surface area contributed by atoms with Crippen LogP contribution in [0.3, 0.4) is 0 Å². The standard InChI is InChI=1S/C8H16.C4H9.2C3H7.CH4.V.Y/c1-5-8(6-2)7(3)4;1-4(2)3;2*1-3-2;;;/h7-8H,1-2,5-6H2,3-4H3;4H,1H2,2-3H3;2*3H,1-2H3;1H4;;/q-2;3*-1;;;. The van der Waals surface area contributed by atoms with Crippen molar-refractivity contribution in [2.75, 3.05) is 0 Å². The second kappa shape index (κ2) is 43.0. The Morgan fingerprint density at radius 1 is 0.810 bits per heavy atom. The van der Waals surface area contributed by atoms with Crippen LogP contribution in [-0.4, -0.2) is 0 Å². The summed E-state index contributed by atoms with van der Waals surface area (Å²) >= 11 is 0. The van der Waals surface area contributed by atoms with E-state index in [2.05, 4.69) is 48.5 Å². The van der Waals surface area contributed by atoms with Crippen molar-refractivity contribution in [3.8, 4) is 0 Å². The third kappa shape index (κ3) is 89.6. The summed E-state index contributed by atoms with van der Waals surface area (Å²) in [5.74, 6) is 2.07. The van der Waals surface area contributed by atoms with Crippen LogP contribution in [0, 0.1) is 51.4 Å². The fourth-order valence-corrected chi connectivity index (χ4v) is 0.811. The summed E-state index contributed by atoms with van der Waals surface area (Å²) in [7, 11) is 0. The molecule has 0 nitrogen and oxygen atoms in total. The zero-order valence-corrected chi connectivity index (χ0v) is 19.7. The van der Waals surface area contributed by atoms with E-state index in [0.29, 0.717) is 5.92 Å². The summed E-state index contributed by atoms with van der Waals surface area (Å²) in [6.07, 6.45) is 6.06. The maximum absolute atomic E-state index is 3.84. The van der Waals surface area contributed by atoms with Crippen LogP contribution in [0.15, 0.2) is 0 Å². The summed E-state index contributed by atoms with van der Waals surface area (Å²) in [6, 6.07) is 0. The smallest absolute Gasteiger partial charge is 0 e. The van der Waals surface area contributed by atoms with Gasteiger partial charge in [-0.15, -0.1) is 0 Å². The van der Waals surface area contributed by atoms with Gasteiger partial charge in [0.05, 0.1) is 0 Å². The summed E-state index contributed by atoms with van der Waals surface area (Å²) in [5.41, 5.74) is 0. The van der Waals surface area contributed by atoms with Crippen LogP contribution < -0.4 is 0 Å². The Morgan fingerprint density at radius 2 is 0.952 bits per heavy atom. The van der Waals surface area contributed by atoms with Crippen molar-refractivity contribution in [1.29, 1.82) is 0 Å². The molecule has 0 rings (SSSR count). The molecule has 0 heterocycles. The molecule has 0 aromatic carbocycles. The maximum atomic E-state index is 3.84. The van der Waals surface area contributed by atoms with E-state index in [1.54, 1.807) is 0 Å². The van der Waals surface area contributed by atoms with Gasteiger partial charge in [0.25, 0.3) is 0 Å². The monoisotopic (exact) mass is 411 g/mol. The fourth-order valence-electron chi connectivity index (χ4n) is 0.811. The average Bonchev–Trinajstić information content (AvgIpc) is 2.20. The summed E-state index contributed by atoms with van der Waals surface area (Å²) in [5, 5.41) is 0. The van der Waals surface area contributed by atoms with Gasteiger partial charge in [0, 0.05) is 51.3 Å². The molecule has 0 unspecified atom stereocenters. The van der Waals surface area contributed by atoms with Crippen LogP contribution in [0.4, 0.5) is 0 Å². The first-order valence-electron chi connectivity index (χ1n) is 7.18. The molecule has 0 fully saturated rings. The summed E-state index contributed by atoms with van der Waals surface area (Å²) in [4.78, 5) is 0. The molecule has 0 aromatic rings. The molecule has 0 aliphatic heterocycles. The zero-order valence-electron chi connectivity index (χ0n) is 15.4. The third-order valence-corrected chi connectivity index (χ3v) is 1.68. The average molecular weight is 411 g/mol. The van der Waals surface area contributed by atoms with Crippen molar-refractivity contribution in [2.45, 2.75) is 75.7 Å². The molecule has 132 valence electrons. The van der Waals surface area contributed by atoms with Crippen LogP contribution in [0.2, 0.25) is 0 Å². The zero-order chi connectivity index (χ0) is 15.6. The van der Waals surface area contributed by atoms with Crippen LogP contribution >= 0.6 is 0 Å². The molecule has 0 aliphatic carbocycles. The minimum absolute atomic E-state index is 0. The number of rotatable bonds is 3. The van der Waals surface area contributed by atoms with Gasteiger partial charge < -0.3 is 33.6 Å². The maximum Gasteiger partial charge on any atom is 0 e. The first-order chi connectivity index (χ1) is 8.28. The number of hydrogen-bond acceptors (Lipinski definition) is 0. The molecule has 2 radical (unpaired) electrons. The third-order valence-electron chi connectivity index (χ3n) is 1.68. The first-order valence-corrected chi connectivity index (χ1v) is 7.18. The van der Waals surface area contributed by atoms with Crippen LogP contribution in [0.25, 0.3) is 0 Å². The van der Waals surface area contributed by atoms with Gasteiger partial charge in [0.15, 0.2) is 0 Å². The predicted molar refractivity (Wildman–Crippen MR) is 96.5 cm³/mol. The molecule has 0 bridgehead atoms. The molecular weight excluding hydrogens is 368 g/mol. The second-order valence-corrected chi connectivity index (χ2v) is 5.13. The van der Waals surface area contributed by atoms with Crippen molar-refractivity contribution in [3.05, 3.63) is 33.6 Å². The molecule has 0 saturated heterocycles. The van der Waals surface area contributed by atoms with E-state index in [1.165, 1.54) is 0 Å². The molecule has 0 aromatic heterocycles. The predicted octanol–water partition coefficient (Wildman–Crippen LogP) is 7.28. The van der Waals surface area contributed by atoms with E-state index in [9.17, 15) is 0 Å². The molecule has 0 aliphatic rings. The van der Waals surface area contributed by atoms with E-state index < -0.39 is 0 Å². The van der Waals surface area contributed by atoms with Crippen molar-refractivity contribution in [3.63, 3.8) is 0 Å². The van der Waals surface area contributed by atoms with Gasteiger partial charge >= 0.3 is 0 Å². The van der Waals surface area contributed by atoms with Gasteiger partial charge in [-0.25, -0.2) is 0 Å². The second-order valence-electron chi connectivity index (χ2n) is 5.13. The minimum Gasteiger partial charge on any atom is -0.343 e. The van der Waals surface area contributed by atoms with E-state index in [0.717, 1.165) is 24.7 Å². The Kier molecular flexibility index (Phi) is 88.8. The van der Waals surface area contributed by atoms with Crippen LogP contribution in [0.1, 0.15) is 75.7 Å². The molecule has 21 heavy (non-hydrogen) atoms. The molecule has 0 N–H and O–H groups in total. The first kappa shape index (κ1) is 43.4. The largest absolute Gasteiger partial charge is 0.343 e. The Hall–Kier alpha value is 1.69. The van der Waals surface area contributed by atoms with E-state index in [-0.39, 0.29) is 58.7 Å². The van der Waals surface area contributed by atoms with Crippen LogP contribution in [-0.2, 0) is 51.3 Å². The van der Waals surface area contributed by atoms with Gasteiger partial charge in [-0.2, -0.15) is 46.5 Å². The molecule has 0 spiro atoms. The molecule has 2 heteroatoms. The van der Waals surface area contributed by atoms with E-state index in [1.807, 2.05) is 40.5 Å². The topological polar surface area (TPSA) is 0 Å². The SMILES string of the molecule is C.C[CH-]C.C[CH-]C.[CH2-]C(C)C.[CH2-]CC(C[CH2-])C(C)C.[V].[Y]. The van der Waals surface area contributed by atoms with Crippen molar-refractivity contribution in [1.82, 2.24) is 0 Å². The van der Waals surface area contributed by atoms with Gasteiger partial charge in [0.1, 0.15) is 0 Å². The van der Waals surface area contributed by atoms with E-state index in [4.69, 9.17) is 0 Å². The molecule has 0 amide bonds. The molecule has 0 atom stereocenters. The Morgan fingerprint density at radius 3 is 0.952 bits per heavy atom. The van der Waals surface area contributed by atoms with Gasteiger partial charge in [0.2, 0.25) is 0 Å². The van der Waals surface area contributed by atoms with Gasteiger partial charge in [-0.05, 0) is 5.92 Å². The summed E-state index contributed by atoms with van der Waals surface area (Å²) in [6.45, 7) is 27.9. The number of hydrogen-bond donors (Lipinski definition) is 0. The van der Waals surface area contributed by atoms with Gasteiger partial charge in [-0.1, -0.05) is 41.0 Å². The normalized spacial score (nSPS) is 7.71. The van der Waals surface area contributed by atoms with Crippen molar-refractivity contribution >= 4 is 0 Å². The Labute approximate surface area is 177 Å². The summed E-state index contributed by atoms with van der Waals surface area (Å²) < 4.78 is 0. The minimum atomic E-state index is 0. The fraction of sp³-hybridized carbons (Fsp3) is 0.737. The van der Waals surface area contributed by atoms with E-state index >= 15 is 0 Å². The quantitative estimate of drug-likeness (QED) is 0.428.